The second-order valence-electron chi connectivity index (χ2n) is 6.33. The Bertz CT molecular complexity index is 606. The number of hydrogen-bond acceptors (Lipinski definition) is 6. The topological polar surface area (TPSA) is 55.8 Å². The van der Waals surface area contributed by atoms with E-state index in [1.807, 2.05) is 49.5 Å². The normalized spacial score (nSPS) is 24.3. The zero-order chi connectivity index (χ0) is 17.8. The minimum atomic E-state index is -0.457. The number of benzene rings is 1. The van der Waals surface area contributed by atoms with Gasteiger partial charge in [0, 0.05) is 24.6 Å². The predicted octanol–water partition coefficient (Wildman–Crippen LogP) is 2.96. The van der Waals surface area contributed by atoms with Gasteiger partial charge in [-0.1, -0.05) is 12.1 Å². The molecule has 1 amide bonds. The number of rotatable bonds is 4. The van der Waals surface area contributed by atoms with Crippen LogP contribution in [0.3, 0.4) is 0 Å². The number of hydrogen-bond donors (Lipinski definition) is 0. The minimum Gasteiger partial charge on any atom is -0.452 e. The highest BCUT2D eigenvalue weighted by atomic mass is 32.2. The first-order valence-electron chi connectivity index (χ1n) is 8.46. The summed E-state index contributed by atoms with van der Waals surface area (Å²) in [6.07, 6.45) is 0.00421. The zero-order valence-electron chi connectivity index (χ0n) is 14.5. The summed E-state index contributed by atoms with van der Waals surface area (Å²) in [6.45, 7) is 4.71. The molecule has 0 unspecified atom stereocenters. The highest BCUT2D eigenvalue weighted by Gasteiger charge is 2.26. The molecule has 0 N–H and O–H groups in total. The molecule has 0 bridgehead atoms. The largest absolute Gasteiger partial charge is 0.452 e. The molecule has 2 atom stereocenters. The third-order valence-corrected chi connectivity index (χ3v) is 7.24. The molecular formula is C18H23NO4S2. The summed E-state index contributed by atoms with van der Waals surface area (Å²) < 4.78 is 11.3. The number of amides is 1. The van der Waals surface area contributed by atoms with Crippen LogP contribution in [0.1, 0.15) is 34.4 Å². The molecule has 0 aromatic heterocycles. The maximum atomic E-state index is 12.2. The number of carbonyl (C=O) groups excluding carboxylic acids is 2. The van der Waals surface area contributed by atoms with Crippen molar-refractivity contribution in [3.05, 3.63) is 35.4 Å². The lowest BCUT2D eigenvalue weighted by Gasteiger charge is -2.35. The molecule has 2 heterocycles. The highest BCUT2D eigenvalue weighted by Crippen LogP contribution is 2.45. The summed E-state index contributed by atoms with van der Waals surface area (Å²) in [7, 11) is 0. The van der Waals surface area contributed by atoms with Gasteiger partial charge in [-0.15, -0.1) is 23.5 Å². The van der Waals surface area contributed by atoms with Gasteiger partial charge >= 0.3 is 5.97 Å². The van der Waals surface area contributed by atoms with Crippen molar-refractivity contribution in [3.63, 3.8) is 0 Å². The molecule has 2 aliphatic rings. The van der Waals surface area contributed by atoms with Gasteiger partial charge in [0.15, 0.2) is 6.61 Å². The van der Waals surface area contributed by atoms with Gasteiger partial charge in [0.2, 0.25) is 0 Å². The molecule has 7 heteroatoms. The van der Waals surface area contributed by atoms with Crippen LogP contribution in [0.25, 0.3) is 0 Å². The monoisotopic (exact) mass is 381 g/mol. The Kier molecular flexibility index (Phi) is 6.30. The van der Waals surface area contributed by atoms with Gasteiger partial charge in [-0.25, -0.2) is 4.79 Å². The first-order chi connectivity index (χ1) is 12.0. The lowest BCUT2D eigenvalue weighted by Crippen LogP contribution is -2.49. The van der Waals surface area contributed by atoms with E-state index in [0.29, 0.717) is 23.2 Å². The molecule has 2 saturated heterocycles. The van der Waals surface area contributed by atoms with Crippen molar-refractivity contribution in [2.45, 2.75) is 30.6 Å². The first kappa shape index (κ1) is 18.6. The van der Waals surface area contributed by atoms with Crippen molar-refractivity contribution in [1.29, 1.82) is 0 Å². The number of nitrogens with zero attached hydrogens (tertiary/aromatic N) is 1. The van der Waals surface area contributed by atoms with Crippen molar-refractivity contribution in [2.24, 2.45) is 0 Å². The van der Waals surface area contributed by atoms with E-state index in [-0.39, 0.29) is 24.7 Å². The van der Waals surface area contributed by atoms with Crippen molar-refractivity contribution >= 4 is 35.4 Å². The van der Waals surface area contributed by atoms with Crippen molar-refractivity contribution < 1.29 is 19.1 Å². The molecule has 2 fully saturated rings. The van der Waals surface area contributed by atoms with Crippen molar-refractivity contribution in [3.8, 4) is 0 Å². The average molecular weight is 382 g/mol. The van der Waals surface area contributed by atoms with E-state index in [0.717, 1.165) is 0 Å². The quantitative estimate of drug-likeness (QED) is 0.748. The van der Waals surface area contributed by atoms with E-state index >= 15 is 0 Å². The van der Waals surface area contributed by atoms with Crippen molar-refractivity contribution in [1.82, 2.24) is 4.90 Å². The Morgan fingerprint density at radius 3 is 2.32 bits per heavy atom. The van der Waals surface area contributed by atoms with Crippen LogP contribution in [-0.4, -0.2) is 60.2 Å². The fraction of sp³-hybridized carbons (Fsp3) is 0.556. The SMILES string of the molecule is C[C@@H]1CN(C(=O)COC(=O)c2ccc(C3SCCS3)cc2)C[C@H](C)O1. The summed E-state index contributed by atoms with van der Waals surface area (Å²) in [5.41, 5.74) is 1.70. The van der Waals surface area contributed by atoms with Gasteiger partial charge in [0.25, 0.3) is 5.91 Å². The molecule has 0 spiro atoms. The maximum absolute atomic E-state index is 12.2. The molecule has 0 radical (unpaired) electrons. The number of ether oxygens (including phenoxy) is 2. The van der Waals surface area contributed by atoms with Gasteiger partial charge in [0.05, 0.1) is 22.4 Å². The Morgan fingerprint density at radius 1 is 1.12 bits per heavy atom. The second kappa shape index (κ2) is 8.47. The minimum absolute atomic E-state index is 0.00210. The standard InChI is InChI=1S/C18H23NO4S2/c1-12-9-19(10-13(2)23-12)16(20)11-22-17(21)14-3-5-15(6-4-14)18-24-7-8-25-18/h3-6,12-13,18H,7-11H2,1-2H3/t12-,13+. The smallest absolute Gasteiger partial charge is 0.338 e. The Labute approximate surface area is 156 Å². The molecular weight excluding hydrogens is 358 g/mol. The van der Waals surface area contributed by atoms with Crippen LogP contribution in [0.5, 0.6) is 0 Å². The Morgan fingerprint density at radius 2 is 1.72 bits per heavy atom. The van der Waals surface area contributed by atoms with Gasteiger partial charge in [-0.05, 0) is 31.5 Å². The number of carbonyl (C=O) groups is 2. The highest BCUT2D eigenvalue weighted by molar-refractivity contribution is 8.19. The zero-order valence-corrected chi connectivity index (χ0v) is 16.1. The summed E-state index contributed by atoms with van der Waals surface area (Å²) in [4.78, 5) is 26.1. The Balaban J connectivity index is 1.51. The van der Waals surface area contributed by atoms with E-state index in [9.17, 15) is 9.59 Å². The molecule has 1 aromatic rings. The summed E-state index contributed by atoms with van der Waals surface area (Å²) >= 11 is 3.85. The van der Waals surface area contributed by atoms with Crippen LogP contribution in [0, 0.1) is 0 Å². The van der Waals surface area contributed by atoms with Gasteiger partial charge in [0.1, 0.15) is 0 Å². The van der Waals surface area contributed by atoms with E-state index in [4.69, 9.17) is 9.47 Å². The van der Waals surface area contributed by atoms with E-state index < -0.39 is 5.97 Å². The van der Waals surface area contributed by atoms with Gasteiger partial charge in [-0.2, -0.15) is 0 Å². The van der Waals surface area contributed by atoms with Gasteiger partial charge < -0.3 is 14.4 Å². The molecule has 0 aliphatic carbocycles. The van der Waals surface area contributed by atoms with Crippen LogP contribution >= 0.6 is 23.5 Å². The van der Waals surface area contributed by atoms with Crippen LogP contribution in [0.2, 0.25) is 0 Å². The van der Waals surface area contributed by atoms with Crippen LogP contribution in [0.15, 0.2) is 24.3 Å². The summed E-state index contributed by atoms with van der Waals surface area (Å²) in [5.74, 6) is 1.70. The number of morpholine rings is 1. The number of thioether (sulfide) groups is 2. The number of esters is 1. The predicted molar refractivity (Wildman–Crippen MR) is 101 cm³/mol. The Hall–Kier alpha value is -1.18. The third kappa shape index (κ3) is 4.92. The van der Waals surface area contributed by atoms with E-state index in [1.54, 1.807) is 17.0 Å². The lowest BCUT2D eigenvalue weighted by atomic mass is 10.1. The van der Waals surface area contributed by atoms with Gasteiger partial charge in [-0.3, -0.25) is 4.79 Å². The fourth-order valence-corrected chi connectivity index (χ4v) is 5.87. The maximum Gasteiger partial charge on any atom is 0.338 e. The molecule has 25 heavy (non-hydrogen) atoms. The second-order valence-corrected chi connectivity index (χ2v) is 9.05. The van der Waals surface area contributed by atoms with E-state index in [1.165, 1.54) is 17.1 Å². The van der Waals surface area contributed by atoms with Crippen LogP contribution in [-0.2, 0) is 14.3 Å². The average Bonchev–Trinajstić information content (AvgIpc) is 3.13. The molecule has 5 nitrogen and oxygen atoms in total. The molecule has 0 saturated carbocycles. The fourth-order valence-electron chi connectivity index (χ4n) is 3.01. The first-order valence-corrected chi connectivity index (χ1v) is 10.6. The third-order valence-electron chi connectivity index (χ3n) is 4.14. The summed E-state index contributed by atoms with van der Waals surface area (Å²) in [5, 5.41) is 0. The van der Waals surface area contributed by atoms with E-state index in [2.05, 4.69) is 0 Å². The van der Waals surface area contributed by atoms with Crippen molar-refractivity contribution in [2.75, 3.05) is 31.2 Å². The molecule has 2 aliphatic heterocycles. The molecule has 136 valence electrons. The molecule has 1 aromatic carbocycles. The summed E-state index contributed by atoms with van der Waals surface area (Å²) in [6, 6.07) is 7.50. The van der Waals surface area contributed by atoms with Crippen LogP contribution in [0.4, 0.5) is 0 Å². The lowest BCUT2D eigenvalue weighted by molar-refractivity contribution is -0.146. The van der Waals surface area contributed by atoms with Crippen LogP contribution < -0.4 is 0 Å². The molecule has 3 rings (SSSR count).